The van der Waals surface area contributed by atoms with E-state index in [1.807, 2.05) is 13.8 Å². The number of rotatable bonds is 2. The Labute approximate surface area is 142 Å². The maximum Gasteiger partial charge on any atom is 0.265 e. The molecule has 0 fully saturated rings. The molecule has 4 rings (SSSR count). The molecule has 0 aliphatic rings. The van der Waals surface area contributed by atoms with Crippen LogP contribution in [0, 0.1) is 5.82 Å². The zero-order valence-corrected chi connectivity index (χ0v) is 13.7. The largest absolute Gasteiger partial charge is 0.506 e. The van der Waals surface area contributed by atoms with E-state index in [9.17, 15) is 14.3 Å². The van der Waals surface area contributed by atoms with Crippen LogP contribution in [0.5, 0.6) is 5.75 Å². The fraction of sp³-hybridized carbons (Fsp3) is 0.158. The number of phenolic OH excluding ortho intramolecular Hbond substituents is 1. The number of halogens is 1. The number of aromatic hydroxyl groups is 1. The summed E-state index contributed by atoms with van der Waals surface area (Å²) >= 11 is 0. The molecular formula is C19H15FN2O3. The van der Waals surface area contributed by atoms with Crippen molar-refractivity contribution in [3.05, 3.63) is 59.8 Å². The molecule has 2 heterocycles. The number of fused-ring (bicyclic) bond motifs is 2. The number of carbonyl (C=O) groups is 1. The van der Waals surface area contributed by atoms with Gasteiger partial charge in [-0.2, -0.15) is 0 Å². The Hall–Kier alpha value is -3.15. The van der Waals surface area contributed by atoms with Crippen molar-refractivity contribution in [3.63, 3.8) is 0 Å². The van der Waals surface area contributed by atoms with Gasteiger partial charge in [-0.05, 0) is 30.2 Å². The van der Waals surface area contributed by atoms with Gasteiger partial charge in [0.05, 0.1) is 17.1 Å². The average molecular weight is 338 g/mol. The van der Waals surface area contributed by atoms with Gasteiger partial charge in [0.15, 0.2) is 5.58 Å². The van der Waals surface area contributed by atoms with Crippen molar-refractivity contribution < 1.29 is 18.8 Å². The number of hydrogen-bond acceptors (Lipinski definition) is 4. The van der Waals surface area contributed by atoms with Crippen LogP contribution in [0.4, 0.5) is 4.39 Å². The third kappa shape index (κ3) is 2.38. The molecule has 5 nitrogen and oxygen atoms in total. The van der Waals surface area contributed by atoms with Gasteiger partial charge in [0, 0.05) is 28.7 Å². The molecule has 25 heavy (non-hydrogen) atoms. The molecule has 2 aromatic heterocycles. The first-order chi connectivity index (χ1) is 12.0. The monoisotopic (exact) mass is 338 g/mol. The van der Waals surface area contributed by atoms with Gasteiger partial charge in [-0.25, -0.2) is 4.39 Å². The van der Waals surface area contributed by atoms with Gasteiger partial charge in [-0.15, -0.1) is 0 Å². The van der Waals surface area contributed by atoms with Crippen molar-refractivity contribution in [3.8, 4) is 5.75 Å². The molecule has 0 aliphatic carbocycles. The molecule has 0 atom stereocenters. The number of aromatic nitrogens is 2. The minimum Gasteiger partial charge on any atom is -0.506 e. The standard InChI is InChI=1S/C19H15FN2O3/c1-10(2)14-6-15(17(23)16-7-21-25-18(14)16)19(24)22-8-11-3-4-13(20)5-12(11)9-22/h3-10,23H,1-2H3. The lowest BCUT2D eigenvalue weighted by Crippen LogP contribution is -2.10. The summed E-state index contributed by atoms with van der Waals surface area (Å²) in [7, 11) is 0. The molecule has 0 aliphatic heterocycles. The summed E-state index contributed by atoms with van der Waals surface area (Å²) in [6, 6.07) is 5.94. The smallest absolute Gasteiger partial charge is 0.265 e. The number of hydrogen-bond donors (Lipinski definition) is 1. The lowest BCUT2D eigenvalue weighted by Gasteiger charge is -2.11. The molecular weight excluding hydrogens is 323 g/mol. The minimum absolute atomic E-state index is 0.0837. The Morgan fingerprint density at radius 2 is 2.00 bits per heavy atom. The van der Waals surface area contributed by atoms with Gasteiger partial charge in [-0.1, -0.05) is 19.0 Å². The fourth-order valence-corrected chi connectivity index (χ4v) is 3.01. The van der Waals surface area contributed by atoms with Crippen molar-refractivity contribution in [1.82, 2.24) is 9.72 Å². The molecule has 126 valence electrons. The van der Waals surface area contributed by atoms with Crippen LogP contribution in [0.2, 0.25) is 0 Å². The molecule has 0 radical (unpaired) electrons. The van der Waals surface area contributed by atoms with Crippen LogP contribution in [-0.4, -0.2) is 20.7 Å². The minimum atomic E-state index is -0.404. The van der Waals surface area contributed by atoms with Crippen LogP contribution in [-0.2, 0) is 0 Å². The zero-order chi connectivity index (χ0) is 17.7. The first kappa shape index (κ1) is 15.4. The molecule has 0 spiro atoms. The topological polar surface area (TPSA) is 68.3 Å². The van der Waals surface area contributed by atoms with E-state index in [2.05, 4.69) is 5.16 Å². The van der Waals surface area contributed by atoms with Crippen molar-refractivity contribution in [2.75, 3.05) is 0 Å². The van der Waals surface area contributed by atoms with E-state index in [1.54, 1.807) is 24.5 Å². The lowest BCUT2D eigenvalue weighted by molar-refractivity contribution is 0.0958. The van der Waals surface area contributed by atoms with Crippen molar-refractivity contribution >= 4 is 27.6 Å². The molecule has 0 bridgehead atoms. The molecule has 0 amide bonds. The summed E-state index contributed by atoms with van der Waals surface area (Å²) in [4.78, 5) is 12.9. The Bertz CT molecular complexity index is 1120. The normalized spacial score (nSPS) is 11.7. The average Bonchev–Trinajstić information content (AvgIpc) is 3.20. The van der Waals surface area contributed by atoms with Crippen LogP contribution in [0.3, 0.4) is 0 Å². The number of nitrogens with zero attached hydrogens (tertiary/aromatic N) is 2. The third-order valence-corrected chi connectivity index (χ3v) is 4.33. The van der Waals surface area contributed by atoms with E-state index in [4.69, 9.17) is 4.52 Å². The third-order valence-electron chi connectivity index (χ3n) is 4.33. The van der Waals surface area contributed by atoms with Crippen LogP contribution in [0.15, 0.2) is 47.4 Å². The fourth-order valence-electron chi connectivity index (χ4n) is 3.01. The van der Waals surface area contributed by atoms with E-state index in [-0.39, 0.29) is 23.0 Å². The lowest BCUT2D eigenvalue weighted by atomic mass is 9.97. The maximum absolute atomic E-state index is 13.4. The van der Waals surface area contributed by atoms with Gasteiger partial charge < -0.3 is 9.63 Å². The summed E-state index contributed by atoms with van der Waals surface area (Å²) in [5.41, 5.74) is 1.42. The van der Waals surface area contributed by atoms with Crippen LogP contribution >= 0.6 is 0 Å². The van der Waals surface area contributed by atoms with E-state index in [0.717, 1.165) is 10.9 Å². The highest BCUT2D eigenvalue weighted by Crippen LogP contribution is 2.35. The number of benzene rings is 2. The quantitative estimate of drug-likeness (QED) is 0.587. The van der Waals surface area contributed by atoms with Crippen LogP contribution in [0.1, 0.15) is 35.7 Å². The molecule has 0 saturated heterocycles. The molecule has 0 unspecified atom stereocenters. The summed E-state index contributed by atoms with van der Waals surface area (Å²) in [6.07, 6.45) is 4.56. The summed E-state index contributed by atoms with van der Waals surface area (Å²) in [6.45, 7) is 3.94. The Kier molecular flexibility index (Phi) is 3.35. The zero-order valence-electron chi connectivity index (χ0n) is 13.7. The second kappa shape index (κ2) is 5.44. The Morgan fingerprint density at radius 3 is 2.76 bits per heavy atom. The van der Waals surface area contributed by atoms with Gasteiger partial charge in [-0.3, -0.25) is 9.36 Å². The molecule has 4 aromatic rings. The summed E-state index contributed by atoms with van der Waals surface area (Å²) in [5, 5.41) is 16.0. The number of phenols is 1. The van der Waals surface area contributed by atoms with E-state index < -0.39 is 5.91 Å². The van der Waals surface area contributed by atoms with Crippen molar-refractivity contribution in [2.24, 2.45) is 0 Å². The second-order valence-electron chi connectivity index (χ2n) is 6.33. The van der Waals surface area contributed by atoms with Crippen molar-refractivity contribution in [2.45, 2.75) is 19.8 Å². The highest BCUT2D eigenvalue weighted by Gasteiger charge is 2.22. The maximum atomic E-state index is 13.4. The summed E-state index contributed by atoms with van der Waals surface area (Å²) < 4.78 is 19.9. The molecule has 1 N–H and O–H groups in total. The molecule has 6 heteroatoms. The molecule has 2 aromatic carbocycles. The van der Waals surface area contributed by atoms with Gasteiger partial charge in [0.25, 0.3) is 5.91 Å². The highest BCUT2D eigenvalue weighted by atomic mass is 19.1. The SMILES string of the molecule is CC(C)c1cc(C(=O)n2cc3ccc(F)cc3c2)c(O)c2cnoc12. The Morgan fingerprint density at radius 1 is 1.24 bits per heavy atom. The van der Waals surface area contributed by atoms with E-state index in [0.29, 0.717) is 16.4 Å². The predicted octanol–water partition coefficient (Wildman–Crippen LogP) is 4.44. The molecule has 0 saturated carbocycles. The van der Waals surface area contributed by atoms with Crippen molar-refractivity contribution in [1.29, 1.82) is 0 Å². The summed E-state index contributed by atoms with van der Waals surface area (Å²) in [5.74, 6) is -0.859. The van der Waals surface area contributed by atoms with E-state index in [1.165, 1.54) is 22.9 Å². The van der Waals surface area contributed by atoms with Gasteiger partial charge >= 0.3 is 0 Å². The van der Waals surface area contributed by atoms with Crippen LogP contribution < -0.4 is 0 Å². The first-order valence-corrected chi connectivity index (χ1v) is 7.88. The van der Waals surface area contributed by atoms with Gasteiger partial charge in [0.1, 0.15) is 11.6 Å². The van der Waals surface area contributed by atoms with Gasteiger partial charge in [0.2, 0.25) is 0 Å². The Balaban J connectivity index is 1.90. The van der Waals surface area contributed by atoms with Crippen LogP contribution in [0.25, 0.3) is 21.7 Å². The second-order valence-corrected chi connectivity index (χ2v) is 6.33. The van der Waals surface area contributed by atoms with E-state index >= 15 is 0 Å². The highest BCUT2D eigenvalue weighted by molar-refractivity contribution is 6.05. The first-order valence-electron chi connectivity index (χ1n) is 7.88. The number of carbonyl (C=O) groups excluding carboxylic acids is 1. The predicted molar refractivity (Wildman–Crippen MR) is 91.4 cm³/mol.